The molecule has 6 nitrogen and oxygen atoms in total. The highest BCUT2D eigenvalue weighted by atomic mass is 32.2. The van der Waals surface area contributed by atoms with Crippen LogP contribution in [-0.2, 0) is 27.6 Å². The molecule has 0 amide bonds. The summed E-state index contributed by atoms with van der Waals surface area (Å²) in [6, 6.07) is 15.4. The van der Waals surface area contributed by atoms with Gasteiger partial charge >= 0.3 is 0 Å². The van der Waals surface area contributed by atoms with Gasteiger partial charge in [-0.2, -0.15) is 4.31 Å². The predicted molar refractivity (Wildman–Crippen MR) is 134 cm³/mol. The quantitative estimate of drug-likeness (QED) is 0.669. The van der Waals surface area contributed by atoms with Gasteiger partial charge in [-0.05, 0) is 68.2 Å². The zero-order valence-electron chi connectivity index (χ0n) is 20.3. The van der Waals surface area contributed by atoms with Gasteiger partial charge in [0.1, 0.15) is 11.9 Å². The van der Waals surface area contributed by atoms with E-state index >= 15 is 0 Å². The van der Waals surface area contributed by atoms with Crippen molar-refractivity contribution in [3.8, 4) is 5.75 Å². The number of ether oxygens (including phenoxy) is 1. The second kappa shape index (κ2) is 7.54. The number of aliphatic hydroxyl groups is 1. The summed E-state index contributed by atoms with van der Waals surface area (Å²) in [7, 11) is -1.85. The van der Waals surface area contributed by atoms with Crippen molar-refractivity contribution in [3.05, 3.63) is 65.2 Å². The summed E-state index contributed by atoms with van der Waals surface area (Å²) >= 11 is 0. The zero-order valence-corrected chi connectivity index (χ0v) is 21.1. The highest BCUT2D eigenvalue weighted by molar-refractivity contribution is 7.88. The average Bonchev–Trinajstić information content (AvgIpc) is 3.58. The molecule has 0 radical (unpaired) electrons. The van der Waals surface area contributed by atoms with E-state index in [1.807, 2.05) is 36.4 Å². The fraction of sp³-hybridized carbons (Fsp3) is 0.571. The van der Waals surface area contributed by atoms with Crippen molar-refractivity contribution in [3.63, 3.8) is 0 Å². The Hall–Kier alpha value is -1.93. The van der Waals surface area contributed by atoms with Crippen LogP contribution >= 0.6 is 0 Å². The minimum Gasteiger partial charge on any atom is -0.487 e. The van der Waals surface area contributed by atoms with Gasteiger partial charge in [-0.15, -0.1) is 0 Å². The van der Waals surface area contributed by atoms with Gasteiger partial charge in [0.05, 0.1) is 22.8 Å². The second-order valence-corrected chi connectivity index (χ2v) is 13.5. The summed E-state index contributed by atoms with van der Waals surface area (Å²) in [6.07, 6.45) is 5.07. The van der Waals surface area contributed by atoms with Crippen LogP contribution in [0.5, 0.6) is 5.75 Å². The number of likely N-dealkylation sites (N-methyl/N-ethyl adjacent to an activating group) is 1. The van der Waals surface area contributed by atoms with Crippen molar-refractivity contribution in [2.24, 2.45) is 5.92 Å². The largest absolute Gasteiger partial charge is 0.487 e. The lowest BCUT2D eigenvalue weighted by molar-refractivity contribution is -0.195. The maximum atomic E-state index is 13.6. The third-order valence-corrected chi connectivity index (χ3v) is 11.6. The van der Waals surface area contributed by atoms with Gasteiger partial charge in [0.25, 0.3) is 0 Å². The number of rotatable bonds is 6. The van der Waals surface area contributed by atoms with Crippen LogP contribution in [0.1, 0.15) is 48.8 Å². The van der Waals surface area contributed by atoms with Gasteiger partial charge < -0.3 is 9.84 Å². The number of sulfonamides is 1. The molecule has 2 aromatic carbocycles. The number of piperidine rings is 1. The van der Waals surface area contributed by atoms with Crippen molar-refractivity contribution < 1.29 is 18.3 Å². The molecule has 2 saturated carbocycles. The fourth-order valence-electron chi connectivity index (χ4n) is 7.89. The van der Waals surface area contributed by atoms with E-state index in [1.165, 1.54) is 18.4 Å². The molecular formula is C28H34N2O4S. The Bertz CT molecular complexity index is 1260. The normalized spacial score (nSPS) is 35.6. The first-order valence-electron chi connectivity index (χ1n) is 13.1. The molecule has 3 aliphatic carbocycles. The van der Waals surface area contributed by atoms with Crippen molar-refractivity contribution in [1.29, 1.82) is 0 Å². The number of benzene rings is 2. The molecule has 1 N–H and O–H groups in total. The van der Waals surface area contributed by atoms with Crippen LogP contribution in [0.3, 0.4) is 0 Å². The first-order chi connectivity index (χ1) is 16.8. The van der Waals surface area contributed by atoms with Gasteiger partial charge in [-0.25, -0.2) is 8.42 Å². The molecule has 1 spiro atoms. The lowest BCUT2D eigenvalue weighted by atomic mass is 9.48. The monoisotopic (exact) mass is 494 g/mol. The summed E-state index contributed by atoms with van der Waals surface area (Å²) in [5.74, 6) is 1.59. The smallest absolute Gasteiger partial charge is 0.218 e. The highest BCUT2D eigenvalue weighted by Gasteiger charge is 2.73. The van der Waals surface area contributed by atoms with E-state index in [4.69, 9.17) is 4.74 Å². The summed E-state index contributed by atoms with van der Waals surface area (Å²) < 4.78 is 35.3. The van der Waals surface area contributed by atoms with Gasteiger partial charge in [0.15, 0.2) is 0 Å². The topological polar surface area (TPSA) is 70.1 Å². The van der Waals surface area contributed by atoms with E-state index in [1.54, 1.807) is 11.4 Å². The van der Waals surface area contributed by atoms with E-state index in [9.17, 15) is 13.5 Å². The van der Waals surface area contributed by atoms with Gasteiger partial charge in [0, 0.05) is 25.2 Å². The average molecular weight is 495 g/mol. The lowest BCUT2D eigenvalue weighted by Gasteiger charge is -2.64. The molecule has 2 bridgehead atoms. The van der Waals surface area contributed by atoms with Crippen molar-refractivity contribution in [2.45, 2.75) is 73.5 Å². The first kappa shape index (κ1) is 22.3. The number of nitrogens with zero attached hydrogens (tertiary/aromatic N) is 2. The molecular weight excluding hydrogens is 460 g/mol. The summed E-state index contributed by atoms with van der Waals surface area (Å²) in [5, 5.41) is 12.6. The summed E-state index contributed by atoms with van der Waals surface area (Å²) in [6.45, 7) is 2.00. The Labute approximate surface area is 207 Å². The van der Waals surface area contributed by atoms with Crippen molar-refractivity contribution >= 4 is 10.0 Å². The molecule has 0 unspecified atom stereocenters. The minimum absolute atomic E-state index is 0.0270. The standard InChI is InChI=1S/C28H34N2O4S/c1-29(35(32,33)18-20-6-3-2-4-7-20)22-12-13-28(31)24-16-21-8-5-9-23-25(21)27(28,26(22)34-23)14-15-30(24)17-19-10-11-19/h2-9,19,22,24,26,31H,10-18H2,1H3/t22-,24+,26-,27-,28+/m0/s1. The maximum Gasteiger partial charge on any atom is 0.218 e. The number of hydrogen-bond acceptors (Lipinski definition) is 5. The minimum atomic E-state index is -3.56. The van der Waals surface area contributed by atoms with Gasteiger partial charge in [0.2, 0.25) is 10.0 Å². The van der Waals surface area contributed by atoms with E-state index in [2.05, 4.69) is 17.0 Å². The Morgan fingerprint density at radius 2 is 1.89 bits per heavy atom. The molecule has 2 aliphatic heterocycles. The SMILES string of the molecule is CN([C@H]1CC[C@@]2(O)[C@H]3Cc4cccc5c4[C@@]2(CCN3CC2CC2)[C@H]1O5)S(=O)(=O)Cc1ccccc1. The van der Waals surface area contributed by atoms with Crippen LogP contribution in [-0.4, -0.2) is 66.7 Å². The van der Waals surface area contributed by atoms with Crippen LogP contribution in [0.4, 0.5) is 0 Å². The Kier molecular flexibility index (Phi) is 4.80. The van der Waals surface area contributed by atoms with Crippen molar-refractivity contribution in [1.82, 2.24) is 9.21 Å². The molecule has 186 valence electrons. The van der Waals surface area contributed by atoms with Crippen LogP contribution in [0.25, 0.3) is 0 Å². The van der Waals surface area contributed by atoms with Crippen LogP contribution < -0.4 is 4.74 Å². The molecule has 1 saturated heterocycles. The van der Waals surface area contributed by atoms with Gasteiger partial charge in [-0.1, -0.05) is 42.5 Å². The Morgan fingerprint density at radius 3 is 2.66 bits per heavy atom. The van der Waals surface area contributed by atoms with Crippen LogP contribution in [0, 0.1) is 5.92 Å². The lowest BCUT2D eigenvalue weighted by Crippen LogP contribution is -2.78. The van der Waals surface area contributed by atoms with Crippen molar-refractivity contribution in [2.75, 3.05) is 20.1 Å². The summed E-state index contributed by atoms with van der Waals surface area (Å²) in [5.41, 5.74) is 1.77. The molecule has 7 heteroatoms. The summed E-state index contributed by atoms with van der Waals surface area (Å²) in [4.78, 5) is 2.55. The third kappa shape index (κ3) is 3.08. The maximum absolute atomic E-state index is 13.6. The zero-order chi connectivity index (χ0) is 24.0. The molecule has 2 heterocycles. The molecule has 5 aliphatic rings. The highest BCUT2D eigenvalue weighted by Crippen LogP contribution is 2.64. The van der Waals surface area contributed by atoms with E-state index < -0.39 is 21.0 Å². The molecule has 5 atom stereocenters. The van der Waals surface area contributed by atoms with E-state index in [0.717, 1.165) is 48.7 Å². The molecule has 2 aromatic rings. The first-order valence-corrected chi connectivity index (χ1v) is 14.7. The number of hydrogen-bond donors (Lipinski definition) is 1. The molecule has 7 rings (SSSR count). The predicted octanol–water partition coefficient (Wildman–Crippen LogP) is 3.08. The number of likely N-dealkylation sites (tertiary alicyclic amines) is 1. The Morgan fingerprint density at radius 1 is 1.09 bits per heavy atom. The van der Waals surface area contributed by atoms with E-state index in [-0.39, 0.29) is 23.9 Å². The van der Waals surface area contributed by atoms with E-state index in [0.29, 0.717) is 12.8 Å². The fourth-order valence-corrected chi connectivity index (χ4v) is 9.34. The molecule has 0 aromatic heterocycles. The van der Waals surface area contributed by atoms with Gasteiger partial charge in [-0.3, -0.25) is 4.90 Å². The van der Waals surface area contributed by atoms with Crippen LogP contribution in [0.2, 0.25) is 0 Å². The molecule has 35 heavy (non-hydrogen) atoms. The van der Waals surface area contributed by atoms with Crippen LogP contribution in [0.15, 0.2) is 48.5 Å². The molecule has 3 fully saturated rings. The second-order valence-electron chi connectivity index (χ2n) is 11.5. The third-order valence-electron chi connectivity index (χ3n) is 9.73. The Balaban J connectivity index is 1.28.